The highest BCUT2D eigenvalue weighted by atomic mass is 16.3. The number of ketones is 1. The summed E-state index contributed by atoms with van der Waals surface area (Å²) in [5, 5.41) is 14.8. The van der Waals surface area contributed by atoms with Crippen molar-refractivity contribution in [2.45, 2.75) is 98.4 Å². The Morgan fingerprint density at radius 3 is 2.43 bits per heavy atom. The number of benzene rings is 1. The fourth-order valence-corrected chi connectivity index (χ4v) is 5.27. The van der Waals surface area contributed by atoms with Gasteiger partial charge in [0, 0.05) is 29.8 Å². The van der Waals surface area contributed by atoms with Crippen LogP contribution in [0.5, 0.6) is 5.75 Å². The van der Waals surface area contributed by atoms with Gasteiger partial charge in [0.2, 0.25) is 0 Å². The fourth-order valence-electron chi connectivity index (χ4n) is 5.27. The molecule has 0 spiro atoms. The molecule has 0 radical (unpaired) electrons. The number of carbonyl (C=O) groups excluding carboxylic acids is 1. The molecule has 0 aliphatic rings. The second-order valence-electron chi connectivity index (χ2n) is 11.0. The van der Waals surface area contributed by atoms with Crippen LogP contribution < -0.4 is 5.32 Å². The van der Waals surface area contributed by atoms with E-state index < -0.39 is 5.41 Å². The molecule has 1 unspecified atom stereocenters. The van der Waals surface area contributed by atoms with E-state index in [9.17, 15) is 9.90 Å². The molecule has 0 aliphatic heterocycles. The summed E-state index contributed by atoms with van der Waals surface area (Å²) in [6.07, 6.45) is 10.5. The molecule has 0 aliphatic carbocycles. The summed E-state index contributed by atoms with van der Waals surface area (Å²) in [4.78, 5) is 21.2. The Kier molecular flexibility index (Phi) is 8.34. The molecular weight excluding hydrogens is 436 g/mol. The van der Waals surface area contributed by atoms with Gasteiger partial charge in [0.05, 0.1) is 16.7 Å². The topological polar surface area (TPSA) is 82.9 Å². The van der Waals surface area contributed by atoms with Crippen LogP contribution >= 0.6 is 0 Å². The minimum atomic E-state index is -0.398. The largest absolute Gasteiger partial charge is 0.504 e. The number of nitrogens with one attached hydrogen (secondary N) is 2. The van der Waals surface area contributed by atoms with Crippen LogP contribution in [0, 0.1) is 5.41 Å². The van der Waals surface area contributed by atoms with Gasteiger partial charge in [0.1, 0.15) is 5.69 Å². The van der Waals surface area contributed by atoms with E-state index in [4.69, 9.17) is 4.98 Å². The minimum absolute atomic E-state index is 0.0749. The standard InChI is InChI=1S/C29H44N4O2/c1-8-11-12-17-29(6,16-10-3)32-23-19-33(7)24(25(23)34)27-30-21-14-13-20(18-22(21)31-27)26(35)28(4,5)15-9-2/h13-14,18-19,32,34H,8-12,15-17H2,1-7H3,(H,30,31). The maximum absolute atomic E-state index is 13.1. The van der Waals surface area contributed by atoms with Crippen LogP contribution in [0.1, 0.15) is 103 Å². The van der Waals surface area contributed by atoms with Gasteiger partial charge < -0.3 is 20.0 Å². The van der Waals surface area contributed by atoms with E-state index >= 15 is 0 Å². The first-order valence-corrected chi connectivity index (χ1v) is 13.3. The number of H-pyrrole nitrogens is 1. The average molecular weight is 481 g/mol. The predicted molar refractivity (Wildman–Crippen MR) is 146 cm³/mol. The van der Waals surface area contributed by atoms with Crippen molar-refractivity contribution in [1.82, 2.24) is 14.5 Å². The van der Waals surface area contributed by atoms with Gasteiger partial charge in [0.15, 0.2) is 17.4 Å². The van der Waals surface area contributed by atoms with Gasteiger partial charge in [-0.2, -0.15) is 0 Å². The molecule has 0 bridgehead atoms. The van der Waals surface area contributed by atoms with Gasteiger partial charge in [-0.15, -0.1) is 0 Å². The number of anilines is 1. The lowest BCUT2D eigenvalue weighted by Crippen LogP contribution is -2.34. The second kappa shape index (κ2) is 10.9. The summed E-state index contributed by atoms with van der Waals surface area (Å²) in [5.74, 6) is 0.933. The van der Waals surface area contributed by atoms with Crippen molar-refractivity contribution in [3.63, 3.8) is 0 Å². The van der Waals surface area contributed by atoms with Crippen molar-refractivity contribution in [3.8, 4) is 17.3 Å². The van der Waals surface area contributed by atoms with Crippen LogP contribution in [-0.2, 0) is 7.05 Å². The zero-order valence-electron chi connectivity index (χ0n) is 22.7. The summed E-state index contributed by atoms with van der Waals surface area (Å²) < 4.78 is 1.91. The number of aromatic amines is 1. The van der Waals surface area contributed by atoms with Crippen LogP contribution in [-0.4, -0.2) is 31.0 Å². The number of fused-ring (bicyclic) bond motifs is 1. The van der Waals surface area contributed by atoms with Crippen molar-refractivity contribution in [3.05, 3.63) is 30.0 Å². The van der Waals surface area contributed by atoms with Crippen molar-refractivity contribution in [2.75, 3.05) is 5.32 Å². The van der Waals surface area contributed by atoms with Gasteiger partial charge in [-0.05, 0) is 44.4 Å². The van der Waals surface area contributed by atoms with Gasteiger partial charge in [-0.25, -0.2) is 4.98 Å². The number of aromatic hydroxyl groups is 1. The molecule has 1 aromatic carbocycles. The molecule has 0 fully saturated rings. The average Bonchev–Trinajstić information content (AvgIpc) is 3.32. The van der Waals surface area contributed by atoms with E-state index in [2.05, 4.69) is 38.0 Å². The molecule has 3 aromatic rings. The Morgan fingerprint density at radius 1 is 1.06 bits per heavy atom. The first kappa shape index (κ1) is 26.8. The number of carbonyl (C=O) groups is 1. The SMILES string of the molecule is CCCCCC(C)(CCC)Nc1cn(C)c(-c2nc3ccc(C(=O)C(C)(C)CCC)cc3[nH]2)c1O. The summed E-state index contributed by atoms with van der Waals surface area (Å²) in [6, 6.07) is 5.63. The molecule has 3 N–H and O–H groups in total. The van der Waals surface area contributed by atoms with Crippen molar-refractivity contribution in [1.29, 1.82) is 0 Å². The van der Waals surface area contributed by atoms with E-state index in [-0.39, 0.29) is 17.1 Å². The first-order valence-electron chi connectivity index (χ1n) is 13.3. The lowest BCUT2D eigenvalue weighted by atomic mass is 9.80. The Balaban J connectivity index is 1.92. The Labute approximate surface area is 210 Å². The zero-order chi connectivity index (χ0) is 25.8. The quantitative estimate of drug-likeness (QED) is 0.172. The number of nitrogens with zero attached hydrogens (tertiary/aromatic N) is 2. The van der Waals surface area contributed by atoms with E-state index in [1.807, 2.05) is 49.9 Å². The fraction of sp³-hybridized carbons (Fsp3) is 0.586. The molecule has 35 heavy (non-hydrogen) atoms. The number of hydrogen-bond donors (Lipinski definition) is 3. The van der Waals surface area contributed by atoms with E-state index in [0.717, 1.165) is 48.8 Å². The smallest absolute Gasteiger partial charge is 0.168 e. The molecular formula is C29H44N4O2. The summed E-state index contributed by atoms with van der Waals surface area (Å²) in [6.45, 7) is 12.8. The highest BCUT2D eigenvalue weighted by Crippen LogP contribution is 2.39. The van der Waals surface area contributed by atoms with Crippen LogP contribution in [0.15, 0.2) is 24.4 Å². The number of Topliss-reactive ketones (excluding diaryl/α,β-unsaturated/α-hetero) is 1. The number of aryl methyl sites for hydroxylation is 1. The Hall–Kier alpha value is -2.76. The van der Waals surface area contributed by atoms with Crippen LogP contribution in [0.3, 0.4) is 0 Å². The number of hydrogen-bond acceptors (Lipinski definition) is 4. The summed E-state index contributed by atoms with van der Waals surface area (Å²) in [7, 11) is 1.92. The third-order valence-corrected chi connectivity index (χ3v) is 7.18. The van der Waals surface area contributed by atoms with Crippen molar-refractivity contribution in [2.24, 2.45) is 12.5 Å². The lowest BCUT2D eigenvalue weighted by Gasteiger charge is -2.31. The van der Waals surface area contributed by atoms with Crippen molar-refractivity contribution >= 4 is 22.5 Å². The summed E-state index contributed by atoms with van der Waals surface area (Å²) in [5.41, 5.74) is 3.15. The zero-order valence-corrected chi connectivity index (χ0v) is 22.7. The van der Waals surface area contributed by atoms with Gasteiger partial charge in [-0.3, -0.25) is 4.79 Å². The molecule has 0 saturated carbocycles. The molecule has 1 atom stereocenters. The number of imidazole rings is 1. The van der Waals surface area contributed by atoms with Gasteiger partial charge in [-0.1, -0.05) is 66.7 Å². The molecule has 192 valence electrons. The Morgan fingerprint density at radius 2 is 1.77 bits per heavy atom. The molecule has 0 saturated heterocycles. The van der Waals surface area contributed by atoms with E-state index in [0.29, 0.717) is 17.1 Å². The minimum Gasteiger partial charge on any atom is -0.504 e. The van der Waals surface area contributed by atoms with E-state index in [1.54, 1.807) is 0 Å². The molecule has 0 amide bonds. The number of rotatable bonds is 13. The number of unbranched alkanes of at least 4 members (excludes halogenated alkanes) is 2. The maximum Gasteiger partial charge on any atom is 0.168 e. The molecule has 2 heterocycles. The maximum atomic E-state index is 13.1. The van der Waals surface area contributed by atoms with Crippen LogP contribution in [0.25, 0.3) is 22.6 Å². The summed E-state index contributed by atoms with van der Waals surface area (Å²) >= 11 is 0. The van der Waals surface area contributed by atoms with Gasteiger partial charge >= 0.3 is 0 Å². The normalized spacial score (nSPS) is 13.8. The second-order valence-corrected chi connectivity index (χ2v) is 11.0. The van der Waals surface area contributed by atoms with Crippen molar-refractivity contribution < 1.29 is 9.90 Å². The van der Waals surface area contributed by atoms with E-state index in [1.165, 1.54) is 19.3 Å². The molecule has 3 rings (SSSR count). The highest BCUT2D eigenvalue weighted by molar-refractivity contribution is 6.02. The highest BCUT2D eigenvalue weighted by Gasteiger charge is 2.29. The monoisotopic (exact) mass is 480 g/mol. The molecule has 2 aromatic heterocycles. The first-order chi connectivity index (χ1) is 16.5. The van der Waals surface area contributed by atoms with Crippen LogP contribution in [0.4, 0.5) is 5.69 Å². The van der Waals surface area contributed by atoms with Crippen LogP contribution in [0.2, 0.25) is 0 Å². The molecule has 6 nitrogen and oxygen atoms in total. The predicted octanol–water partition coefficient (Wildman–Crippen LogP) is 7.83. The number of aromatic nitrogens is 3. The third-order valence-electron chi connectivity index (χ3n) is 7.18. The lowest BCUT2D eigenvalue weighted by molar-refractivity contribution is 0.0825. The third kappa shape index (κ3) is 5.91. The molecule has 6 heteroatoms. The Bertz CT molecular complexity index is 1160. The van der Waals surface area contributed by atoms with Gasteiger partial charge in [0.25, 0.3) is 0 Å².